The van der Waals surface area contributed by atoms with E-state index in [1.807, 2.05) is 18.2 Å². The summed E-state index contributed by atoms with van der Waals surface area (Å²) >= 11 is 0. The Hall–Kier alpha value is -3.14. The van der Waals surface area contributed by atoms with Crippen molar-refractivity contribution in [1.82, 2.24) is 10.3 Å². The number of nitrogens with zero attached hydrogens (tertiary/aromatic N) is 1. The van der Waals surface area contributed by atoms with Gasteiger partial charge < -0.3 is 10.6 Å². The number of amides is 1. The summed E-state index contributed by atoms with van der Waals surface area (Å²) in [5.74, 6) is 2.68. The van der Waals surface area contributed by atoms with Gasteiger partial charge in [0.05, 0.1) is 6.04 Å². The maximum atomic E-state index is 12.9. The normalized spacial score (nSPS) is 27.8. The van der Waals surface area contributed by atoms with Crippen LogP contribution in [0.1, 0.15) is 58.3 Å². The van der Waals surface area contributed by atoms with Gasteiger partial charge in [0.15, 0.2) is 0 Å². The summed E-state index contributed by atoms with van der Waals surface area (Å²) < 4.78 is 0. The smallest absolute Gasteiger partial charge is 0.251 e. The molecule has 2 N–H and O–H groups in total. The maximum Gasteiger partial charge on any atom is 0.251 e. The molecule has 0 unspecified atom stereocenters. The molecule has 0 spiro atoms. The van der Waals surface area contributed by atoms with Gasteiger partial charge in [0, 0.05) is 30.2 Å². The lowest BCUT2D eigenvalue weighted by Gasteiger charge is -2.43. The number of carbonyl (C=O) groups excluding carboxylic acids is 1. The van der Waals surface area contributed by atoms with Crippen molar-refractivity contribution in [2.24, 2.45) is 17.8 Å². The van der Waals surface area contributed by atoms with Crippen molar-refractivity contribution in [3.05, 3.63) is 95.3 Å². The molecule has 1 aliphatic heterocycles. The van der Waals surface area contributed by atoms with Gasteiger partial charge in [-0.2, -0.15) is 0 Å². The third-order valence-electron chi connectivity index (χ3n) is 7.71. The summed E-state index contributed by atoms with van der Waals surface area (Å²) in [7, 11) is 0. The zero-order chi connectivity index (χ0) is 20.8. The summed E-state index contributed by atoms with van der Waals surface area (Å²) in [4.78, 5) is 16.9. The predicted octanol–water partition coefficient (Wildman–Crippen LogP) is 5.31. The van der Waals surface area contributed by atoms with Crippen molar-refractivity contribution >= 4 is 11.6 Å². The second-order valence-corrected chi connectivity index (χ2v) is 9.31. The van der Waals surface area contributed by atoms with E-state index in [2.05, 4.69) is 58.1 Å². The highest BCUT2D eigenvalue weighted by Gasteiger charge is 2.53. The van der Waals surface area contributed by atoms with Crippen molar-refractivity contribution in [1.29, 1.82) is 0 Å². The van der Waals surface area contributed by atoms with Crippen LogP contribution in [-0.4, -0.2) is 10.9 Å². The van der Waals surface area contributed by atoms with Crippen LogP contribution in [0.3, 0.4) is 0 Å². The standard InChI is InChI=1S/C27H27N3O/c31-27(29-16-17-10-12-28-13-11-17)21-8-9-23-22(15-21)24-19-6-7-20(14-19)25(24)26(30-23)18-4-2-1-3-5-18/h1-5,8-13,15,19-20,24-26,30H,6-7,14,16H2,(H,29,31)/t19-,20+,24-,25-,26-/m0/s1. The highest BCUT2D eigenvalue weighted by Crippen LogP contribution is 2.63. The molecular formula is C27H27N3O. The summed E-state index contributed by atoms with van der Waals surface area (Å²) in [6.07, 6.45) is 7.51. The van der Waals surface area contributed by atoms with Crippen molar-refractivity contribution in [2.45, 2.75) is 37.8 Å². The Morgan fingerprint density at radius 3 is 2.65 bits per heavy atom. The quantitative estimate of drug-likeness (QED) is 0.614. The van der Waals surface area contributed by atoms with Gasteiger partial charge in [-0.25, -0.2) is 0 Å². The van der Waals surface area contributed by atoms with Crippen molar-refractivity contribution in [3.8, 4) is 0 Å². The SMILES string of the molecule is O=C(NCc1ccncc1)c1ccc2c(c1)[C@@H]1[C@H]3CC[C@H](C3)[C@@H]1[C@H](c1ccccc1)N2. The monoisotopic (exact) mass is 409 g/mol. The number of hydrogen-bond donors (Lipinski definition) is 2. The van der Waals surface area contributed by atoms with E-state index in [0.717, 1.165) is 23.0 Å². The van der Waals surface area contributed by atoms with Gasteiger partial charge in [0.1, 0.15) is 0 Å². The minimum Gasteiger partial charge on any atom is -0.378 e. The third-order valence-corrected chi connectivity index (χ3v) is 7.71. The molecule has 3 aliphatic rings. The molecule has 31 heavy (non-hydrogen) atoms. The summed E-state index contributed by atoms with van der Waals surface area (Å²) in [5.41, 5.74) is 5.75. The Kier molecular flexibility index (Phi) is 4.52. The molecule has 4 heteroatoms. The van der Waals surface area contributed by atoms with Gasteiger partial charge in [-0.05, 0) is 90.0 Å². The topological polar surface area (TPSA) is 54.0 Å². The number of aromatic nitrogens is 1. The molecule has 0 radical (unpaired) electrons. The van der Waals surface area contributed by atoms with Gasteiger partial charge in [-0.3, -0.25) is 9.78 Å². The van der Waals surface area contributed by atoms with Crippen LogP contribution in [0.2, 0.25) is 0 Å². The number of hydrogen-bond acceptors (Lipinski definition) is 3. The van der Waals surface area contributed by atoms with Crippen LogP contribution >= 0.6 is 0 Å². The highest BCUT2D eigenvalue weighted by atomic mass is 16.1. The Morgan fingerprint density at radius 1 is 1.00 bits per heavy atom. The van der Waals surface area contributed by atoms with Crippen LogP contribution in [0.4, 0.5) is 5.69 Å². The number of benzene rings is 2. The van der Waals surface area contributed by atoms with Gasteiger partial charge in [0.25, 0.3) is 5.91 Å². The van der Waals surface area contributed by atoms with Gasteiger partial charge in [-0.15, -0.1) is 0 Å². The molecule has 2 saturated carbocycles. The molecule has 4 nitrogen and oxygen atoms in total. The van der Waals surface area contributed by atoms with Gasteiger partial charge in [-0.1, -0.05) is 30.3 Å². The lowest BCUT2D eigenvalue weighted by atomic mass is 9.68. The molecule has 1 amide bonds. The molecule has 156 valence electrons. The number of carbonyl (C=O) groups is 1. The summed E-state index contributed by atoms with van der Waals surface area (Å²) in [5, 5.41) is 6.92. The van der Waals surface area contributed by atoms with E-state index in [9.17, 15) is 4.79 Å². The van der Waals surface area contributed by atoms with Crippen molar-refractivity contribution < 1.29 is 4.79 Å². The number of nitrogens with one attached hydrogen (secondary N) is 2. The predicted molar refractivity (Wildman–Crippen MR) is 122 cm³/mol. The van der Waals surface area contributed by atoms with Crippen LogP contribution in [0, 0.1) is 17.8 Å². The van der Waals surface area contributed by atoms with Crippen LogP contribution in [0.15, 0.2) is 73.1 Å². The van der Waals surface area contributed by atoms with Gasteiger partial charge >= 0.3 is 0 Å². The zero-order valence-corrected chi connectivity index (χ0v) is 17.5. The summed E-state index contributed by atoms with van der Waals surface area (Å²) in [6.45, 7) is 0.517. The van der Waals surface area contributed by atoms with Crippen LogP contribution in [-0.2, 0) is 6.54 Å². The molecule has 2 bridgehead atoms. The van der Waals surface area contributed by atoms with Gasteiger partial charge in [0.2, 0.25) is 0 Å². The Bertz CT molecular complexity index is 1100. The minimum absolute atomic E-state index is 0.00972. The molecule has 0 saturated heterocycles. The second kappa shape index (κ2) is 7.52. The molecule has 3 aromatic rings. The van der Waals surface area contributed by atoms with Crippen molar-refractivity contribution in [2.75, 3.05) is 5.32 Å². The number of pyridine rings is 1. The average molecular weight is 410 g/mol. The van der Waals surface area contributed by atoms with Crippen LogP contribution < -0.4 is 10.6 Å². The Labute approximate surface area is 183 Å². The first-order valence-electron chi connectivity index (χ1n) is 11.4. The van der Waals surface area contributed by atoms with E-state index in [4.69, 9.17) is 0 Å². The summed E-state index contributed by atoms with van der Waals surface area (Å²) in [6, 6.07) is 21.4. The Balaban J connectivity index is 1.30. The molecule has 2 aromatic carbocycles. The fourth-order valence-corrected chi connectivity index (χ4v) is 6.40. The minimum atomic E-state index is -0.00972. The molecule has 2 aliphatic carbocycles. The fourth-order valence-electron chi connectivity index (χ4n) is 6.40. The first-order valence-corrected chi connectivity index (χ1v) is 11.4. The lowest BCUT2D eigenvalue weighted by molar-refractivity contribution is 0.0950. The number of fused-ring (bicyclic) bond motifs is 7. The fraction of sp³-hybridized carbons (Fsp3) is 0.333. The zero-order valence-electron chi connectivity index (χ0n) is 17.5. The molecule has 5 atom stereocenters. The first-order chi connectivity index (χ1) is 15.3. The van der Waals surface area contributed by atoms with E-state index in [-0.39, 0.29) is 5.91 Å². The molecule has 1 aromatic heterocycles. The number of anilines is 1. The van der Waals surface area contributed by atoms with Crippen LogP contribution in [0.5, 0.6) is 0 Å². The van der Waals surface area contributed by atoms with E-state index in [1.165, 1.54) is 36.1 Å². The largest absolute Gasteiger partial charge is 0.378 e. The molecular weight excluding hydrogens is 382 g/mol. The van der Waals surface area contributed by atoms with E-state index in [1.54, 1.807) is 12.4 Å². The van der Waals surface area contributed by atoms with E-state index < -0.39 is 0 Å². The molecule has 2 fully saturated rings. The van der Waals surface area contributed by atoms with E-state index >= 15 is 0 Å². The van der Waals surface area contributed by atoms with Crippen LogP contribution in [0.25, 0.3) is 0 Å². The Morgan fingerprint density at radius 2 is 1.81 bits per heavy atom. The third kappa shape index (κ3) is 3.21. The van der Waals surface area contributed by atoms with E-state index in [0.29, 0.717) is 24.4 Å². The molecule has 2 heterocycles. The second-order valence-electron chi connectivity index (χ2n) is 9.31. The maximum absolute atomic E-state index is 12.9. The van der Waals surface area contributed by atoms with Crippen molar-refractivity contribution in [3.63, 3.8) is 0 Å². The lowest BCUT2D eigenvalue weighted by Crippen LogP contribution is -2.35. The number of rotatable bonds is 4. The first kappa shape index (κ1) is 18.6. The molecule has 6 rings (SSSR count). The average Bonchev–Trinajstić information content (AvgIpc) is 3.46. The highest BCUT2D eigenvalue weighted by molar-refractivity contribution is 5.95.